The van der Waals surface area contributed by atoms with Crippen LogP contribution in [0.5, 0.6) is 11.5 Å². The van der Waals surface area contributed by atoms with E-state index in [1.165, 1.54) is 10.5 Å². The fraction of sp³-hybridized carbons (Fsp3) is 0.267. The molecule has 1 unspecified atom stereocenters. The highest BCUT2D eigenvalue weighted by Crippen LogP contribution is 2.40. The minimum Gasteiger partial charge on any atom is -0.494 e. The third-order valence-corrected chi connectivity index (χ3v) is 6.23. The second-order valence-electron chi connectivity index (χ2n) is 9.06. The van der Waals surface area contributed by atoms with Gasteiger partial charge < -0.3 is 24.8 Å². The van der Waals surface area contributed by atoms with Gasteiger partial charge in [0.05, 0.1) is 30.9 Å². The van der Waals surface area contributed by atoms with Crippen molar-refractivity contribution >= 4 is 29.2 Å². The number of carboxylic acid groups (broad SMARTS) is 1. The van der Waals surface area contributed by atoms with Gasteiger partial charge in [-0.1, -0.05) is 36.4 Å². The number of carbonyl (C=O) groups is 3. The zero-order chi connectivity index (χ0) is 27.6. The zero-order valence-corrected chi connectivity index (χ0v) is 21.3. The molecule has 0 bridgehead atoms. The summed E-state index contributed by atoms with van der Waals surface area (Å²) < 4.78 is 11.6. The van der Waals surface area contributed by atoms with E-state index in [-0.39, 0.29) is 25.1 Å². The number of nitrogens with one attached hydrogen (secondary N) is 1. The molecule has 0 saturated carbocycles. The molecule has 1 aliphatic rings. The van der Waals surface area contributed by atoms with Crippen molar-refractivity contribution in [1.29, 1.82) is 5.26 Å². The predicted molar refractivity (Wildman–Crippen MR) is 145 cm³/mol. The third-order valence-electron chi connectivity index (χ3n) is 6.23. The van der Waals surface area contributed by atoms with Crippen molar-refractivity contribution in [1.82, 2.24) is 0 Å². The molecule has 9 nitrogen and oxygen atoms in total. The van der Waals surface area contributed by atoms with Crippen LogP contribution in [0.15, 0.2) is 72.8 Å². The monoisotopic (exact) mass is 527 g/mol. The van der Waals surface area contributed by atoms with Crippen LogP contribution in [0.3, 0.4) is 0 Å². The minimum absolute atomic E-state index is 0.0347. The molecule has 1 heterocycles. The molecular weight excluding hydrogens is 498 g/mol. The molecule has 0 radical (unpaired) electrons. The van der Waals surface area contributed by atoms with E-state index in [0.717, 1.165) is 19.3 Å². The first-order chi connectivity index (χ1) is 18.9. The lowest BCUT2D eigenvalue weighted by atomic mass is 10.1. The number of rotatable bonds is 11. The van der Waals surface area contributed by atoms with Gasteiger partial charge >= 0.3 is 5.97 Å². The Morgan fingerprint density at radius 1 is 1.00 bits per heavy atom. The number of hydrogen-bond acceptors (Lipinski definition) is 6. The number of amides is 2. The molecular formula is C30H29N3O6. The van der Waals surface area contributed by atoms with Gasteiger partial charge in [-0.25, -0.2) is 0 Å². The summed E-state index contributed by atoms with van der Waals surface area (Å²) >= 11 is 0. The van der Waals surface area contributed by atoms with E-state index >= 15 is 0 Å². The van der Waals surface area contributed by atoms with Crippen molar-refractivity contribution in [2.45, 2.75) is 38.2 Å². The number of aryl methyl sites for hydroxylation is 1. The second kappa shape index (κ2) is 13.1. The number of nitriles is 1. The number of unbranched alkanes of at least 4 members (excludes halogenated alkanes) is 1. The SMILES string of the molecule is N#CC1CN(C(=O)CCC(=O)O)c2cccc(NC(=O)c3ccc(OCCCCc4ccccc4)cc3)c2O1. The van der Waals surface area contributed by atoms with Crippen molar-refractivity contribution in [3.8, 4) is 17.6 Å². The Labute approximate surface area is 226 Å². The molecule has 0 spiro atoms. The molecule has 2 amide bonds. The number of hydrogen-bond donors (Lipinski definition) is 2. The number of carboxylic acids is 1. The van der Waals surface area contributed by atoms with E-state index in [4.69, 9.17) is 14.6 Å². The maximum absolute atomic E-state index is 13.0. The number of aliphatic carboxylic acids is 1. The molecule has 0 fully saturated rings. The van der Waals surface area contributed by atoms with Gasteiger partial charge in [0.25, 0.3) is 5.91 Å². The highest BCUT2D eigenvalue weighted by Gasteiger charge is 2.32. The van der Waals surface area contributed by atoms with Crippen molar-refractivity contribution in [3.63, 3.8) is 0 Å². The average Bonchev–Trinajstić information content (AvgIpc) is 2.96. The number of carbonyl (C=O) groups excluding carboxylic acids is 2. The van der Waals surface area contributed by atoms with Gasteiger partial charge in [0, 0.05) is 12.0 Å². The molecule has 39 heavy (non-hydrogen) atoms. The van der Waals surface area contributed by atoms with E-state index in [1.54, 1.807) is 42.5 Å². The normalized spacial score (nSPS) is 13.9. The highest BCUT2D eigenvalue weighted by atomic mass is 16.5. The summed E-state index contributed by atoms with van der Waals surface area (Å²) in [5.74, 6) is -1.08. The molecule has 0 aliphatic carbocycles. The quantitative estimate of drug-likeness (QED) is 0.342. The summed E-state index contributed by atoms with van der Waals surface area (Å²) in [4.78, 5) is 37.9. The average molecular weight is 528 g/mol. The Kier molecular flexibility index (Phi) is 9.14. The van der Waals surface area contributed by atoms with Crippen LogP contribution >= 0.6 is 0 Å². The topological polar surface area (TPSA) is 129 Å². The Morgan fingerprint density at radius 2 is 1.77 bits per heavy atom. The van der Waals surface area contributed by atoms with Crippen LogP contribution in [0.1, 0.15) is 41.6 Å². The molecule has 0 aromatic heterocycles. The first-order valence-corrected chi connectivity index (χ1v) is 12.7. The lowest BCUT2D eigenvalue weighted by molar-refractivity contribution is -0.138. The number of para-hydroxylation sites is 1. The van der Waals surface area contributed by atoms with Crippen LogP contribution in [0.2, 0.25) is 0 Å². The van der Waals surface area contributed by atoms with Gasteiger partial charge in [-0.2, -0.15) is 5.26 Å². The third kappa shape index (κ3) is 7.36. The summed E-state index contributed by atoms with van der Waals surface area (Å²) in [5.41, 5.74) is 2.36. The van der Waals surface area contributed by atoms with Crippen LogP contribution in [-0.4, -0.2) is 42.1 Å². The lowest BCUT2D eigenvalue weighted by Gasteiger charge is -2.33. The fourth-order valence-electron chi connectivity index (χ4n) is 4.22. The second-order valence-corrected chi connectivity index (χ2v) is 9.06. The number of fused-ring (bicyclic) bond motifs is 1. The van der Waals surface area contributed by atoms with Gasteiger partial charge in [0.1, 0.15) is 11.8 Å². The van der Waals surface area contributed by atoms with Crippen LogP contribution < -0.4 is 19.7 Å². The molecule has 0 saturated heterocycles. The molecule has 3 aromatic rings. The number of nitrogens with zero attached hydrogens (tertiary/aromatic N) is 2. The smallest absolute Gasteiger partial charge is 0.303 e. The van der Waals surface area contributed by atoms with Crippen molar-refractivity contribution in [3.05, 3.63) is 83.9 Å². The van der Waals surface area contributed by atoms with E-state index in [0.29, 0.717) is 29.3 Å². The van der Waals surface area contributed by atoms with Crippen molar-refractivity contribution in [2.75, 3.05) is 23.4 Å². The largest absolute Gasteiger partial charge is 0.494 e. The number of benzene rings is 3. The van der Waals surface area contributed by atoms with Crippen LogP contribution in [0.25, 0.3) is 0 Å². The molecule has 4 rings (SSSR count). The van der Waals surface area contributed by atoms with Gasteiger partial charge in [-0.3, -0.25) is 14.4 Å². The van der Waals surface area contributed by atoms with E-state index in [1.807, 2.05) is 24.3 Å². The summed E-state index contributed by atoms with van der Waals surface area (Å²) in [6, 6.07) is 24.0. The highest BCUT2D eigenvalue weighted by molar-refractivity contribution is 6.06. The zero-order valence-electron chi connectivity index (χ0n) is 21.3. The molecule has 9 heteroatoms. The molecule has 1 atom stereocenters. The van der Waals surface area contributed by atoms with Gasteiger partial charge in [-0.15, -0.1) is 0 Å². The number of anilines is 2. The predicted octanol–water partition coefficient (Wildman–Crippen LogP) is 4.82. The maximum atomic E-state index is 13.0. The van der Waals surface area contributed by atoms with Crippen molar-refractivity contribution in [2.24, 2.45) is 0 Å². The lowest BCUT2D eigenvalue weighted by Crippen LogP contribution is -2.43. The first-order valence-electron chi connectivity index (χ1n) is 12.7. The minimum atomic E-state index is -1.09. The van der Waals surface area contributed by atoms with E-state index in [9.17, 15) is 19.6 Å². The Hall–Kier alpha value is -4.84. The van der Waals surface area contributed by atoms with Crippen LogP contribution in [0, 0.1) is 11.3 Å². The van der Waals surface area contributed by atoms with E-state index in [2.05, 4.69) is 17.4 Å². The maximum Gasteiger partial charge on any atom is 0.303 e. The van der Waals surface area contributed by atoms with Crippen molar-refractivity contribution < 1.29 is 29.0 Å². The first kappa shape index (κ1) is 27.2. The summed E-state index contributed by atoms with van der Waals surface area (Å²) in [6.07, 6.45) is 1.42. The fourth-order valence-corrected chi connectivity index (χ4v) is 4.22. The Bertz CT molecular complexity index is 1350. The number of ether oxygens (including phenoxy) is 2. The molecule has 3 aromatic carbocycles. The van der Waals surface area contributed by atoms with E-state index < -0.39 is 23.9 Å². The van der Waals surface area contributed by atoms with Crippen LogP contribution in [0.4, 0.5) is 11.4 Å². The van der Waals surface area contributed by atoms with Gasteiger partial charge in [-0.05, 0) is 61.2 Å². The van der Waals surface area contributed by atoms with Crippen LogP contribution in [-0.2, 0) is 16.0 Å². The summed E-state index contributed by atoms with van der Waals surface area (Å²) in [7, 11) is 0. The summed E-state index contributed by atoms with van der Waals surface area (Å²) in [6.45, 7) is 0.542. The van der Waals surface area contributed by atoms with Gasteiger partial charge in [0.15, 0.2) is 5.75 Å². The molecule has 2 N–H and O–H groups in total. The molecule has 1 aliphatic heterocycles. The standard InChI is InChI=1S/C30H29N3O6/c31-19-24-20-33(27(34)16-17-28(35)36)26-11-6-10-25(29(26)39-24)32-30(37)22-12-14-23(15-13-22)38-18-5-4-9-21-7-2-1-3-8-21/h1-3,6-8,10-15,24H,4-5,9,16-18,20H2,(H,32,37)(H,35,36). The Balaban J connectivity index is 1.36. The summed E-state index contributed by atoms with van der Waals surface area (Å²) in [5, 5.41) is 21.2. The molecule has 200 valence electrons. The van der Waals surface area contributed by atoms with Gasteiger partial charge in [0.2, 0.25) is 12.0 Å². The Morgan fingerprint density at radius 3 is 2.49 bits per heavy atom.